The smallest absolute Gasteiger partial charge is 0.303 e. The van der Waals surface area contributed by atoms with Gasteiger partial charge in [0.05, 0.1) is 0 Å². The minimum atomic E-state index is -0.717. The zero-order chi connectivity index (χ0) is 13.0. The van der Waals surface area contributed by atoms with Crippen LogP contribution >= 0.6 is 0 Å². The largest absolute Gasteiger partial charge is 0.481 e. The van der Waals surface area contributed by atoms with Gasteiger partial charge in [0.1, 0.15) is 5.82 Å². The lowest BCUT2D eigenvalue weighted by Crippen LogP contribution is -2.24. The van der Waals surface area contributed by atoms with E-state index in [9.17, 15) is 9.18 Å². The molecule has 0 amide bonds. The van der Waals surface area contributed by atoms with Crippen LogP contribution in [-0.2, 0) is 11.2 Å². The Morgan fingerprint density at radius 2 is 2.00 bits per heavy atom. The number of rotatable bonds is 4. The first kappa shape index (κ1) is 13.1. The predicted octanol–water partition coefficient (Wildman–Crippen LogP) is 3.65. The van der Waals surface area contributed by atoms with Crippen LogP contribution in [0.1, 0.15) is 37.7 Å². The molecule has 0 spiro atoms. The van der Waals surface area contributed by atoms with Gasteiger partial charge in [0.25, 0.3) is 0 Å². The molecule has 1 N–H and O–H groups in total. The van der Waals surface area contributed by atoms with Crippen molar-refractivity contribution in [3.05, 3.63) is 35.6 Å². The van der Waals surface area contributed by atoms with Crippen molar-refractivity contribution in [2.45, 2.75) is 38.5 Å². The van der Waals surface area contributed by atoms with Crippen molar-refractivity contribution in [1.29, 1.82) is 0 Å². The molecule has 1 aliphatic rings. The van der Waals surface area contributed by atoms with E-state index in [4.69, 9.17) is 5.11 Å². The van der Waals surface area contributed by atoms with Gasteiger partial charge in [-0.15, -0.1) is 0 Å². The Morgan fingerprint density at radius 3 is 2.67 bits per heavy atom. The van der Waals surface area contributed by atoms with Crippen LogP contribution in [-0.4, -0.2) is 11.1 Å². The number of aliphatic carboxylic acids is 1. The van der Waals surface area contributed by atoms with Gasteiger partial charge in [0.15, 0.2) is 0 Å². The Morgan fingerprint density at radius 1 is 1.28 bits per heavy atom. The van der Waals surface area contributed by atoms with Crippen molar-refractivity contribution in [3.63, 3.8) is 0 Å². The highest BCUT2D eigenvalue weighted by atomic mass is 19.1. The minimum absolute atomic E-state index is 0.210. The summed E-state index contributed by atoms with van der Waals surface area (Å²) in [6.45, 7) is 0. The number of halogens is 1. The molecular formula is C15H19FO2. The summed E-state index contributed by atoms with van der Waals surface area (Å²) in [7, 11) is 0. The van der Waals surface area contributed by atoms with Crippen molar-refractivity contribution in [1.82, 2.24) is 0 Å². The summed E-state index contributed by atoms with van der Waals surface area (Å²) in [4.78, 5) is 10.9. The summed E-state index contributed by atoms with van der Waals surface area (Å²) in [5, 5.41) is 8.93. The maximum absolute atomic E-state index is 13.1. The maximum atomic E-state index is 13.1. The zero-order valence-corrected chi connectivity index (χ0v) is 10.4. The maximum Gasteiger partial charge on any atom is 0.303 e. The van der Waals surface area contributed by atoms with E-state index >= 15 is 0 Å². The van der Waals surface area contributed by atoms with Crippen LogP contribution < -0.4 is 0 Å². The molecule has 3 heteroatoms. The summed E-state index contributed by atoms with van der Waals surface area (Å²) in [6, 6.07) is 6.65. The Kier molecular flexibility index (Phi) is 4.34. The van der Waals surface area contributed by atoms with E-state index in [0.29, 0.717) is 5.92 Å². The number of carbonyl (C=O) groups is 1. The van der Waals surface area contributed by atoms with Gasteiger partial charge in [-0.3, -0.25) is 4.79 Å². The van der Waals surface area contributed by atoms with E-state index in [0.717, 1.165) is 37.7 Å². The van der Waals surface area contributed by atoms with Gasteiger partial charge < -0.3 is 5.11 Å². The van der Waals surface area contributed by atoms with Gasteiger partial charge in [0, 0.05) is 6.42 Å². The summed E-state index contributed by atoms with van der Waals surface area (Å²) in [6.07, 6.45) is 5.39. The second-order valence-electron chi connectivity index (χ2n) is 5.24. The van der Waals surface area contributed by atoms with Crippen molar-refractivity contribution >= 4 is 5.97 Å². The quantitative estimate of drug-likeness (QED) is 0.885. The van der Waals surface area contributed by atoms with E-state index in [-0.39, 0.29) is 18.2 Å². The molecule has 1 aromatic rings. The summed E-state index contributed by atoms with van der Waals surface area (Å²) >= 11 is 0. The highest BCUT2D eigenvalue weighted by molar-refractivity contribution is 5.67. The number of hydrogen-bond donors (Lipinski definition) is 1. The Labute approximate surface area is 107 Å². The number of carboxylic acids is 1. The molecule has 1 aliphatic carbocycles. The van der Waals surface area contributed by atoms with Crippen LogP contribution in [0.4, 0.5) is 4.39 Å². The van der Waals surface area contributed by atoms with Gasteiger partial charge in [-0.1, -0.05) is 25.0 Å². The SMILES string of the molecule is O=C(O)CC1CCCCC1Cc1cccc(F)c1. The van der Waals surface area contributed by atoms with Gasteiger partial charge >= 0.3 is 5.97 Å². The van der Waals surface area contributed by atoms with E-state index in [1.165, 1.54) is 6.07 Å². The van der Waals surface area contributed by atoms with Crippen molar-refractivity contribution in [3.8, 4) is 0 Å². The highest BCUT2D eigenvalue weighted by Gasteiger charge is 2.27. The van der Waals surface area contributed by atoms with E-state index in [2.05, 4.69) is 0 Å². The van der Waals surface area contributed by atoms with Crippen molar-refractivity contribution in [2.24, 2.45) is 11.8 Å². The Balaban J connectivity index is 2.03. The molecule has 0 aromatic heterocycles. The fourth-order valence-electron chi connectivity index (χ4n) is 3.01. The molecule has 98 valence electrons. The highest BCUT2D eigenvalue weighted by Crippen LogP contribution is 2.34. The number of hydrogen-bond acceptors (Lipinski definition) is 1. The van der Waals surface area contributed by atoms with Crippen LogP contribution in [0.25, 0.3) is 0 Å². The third-order valence-corrected chi connectivity index (χ3v) is 3.89. The molecule has 0 radical (unpaired) electrons. The molecule has 1 fully saturated rings. The molecule has 0 aliphatic heterocycles. The second-order valence-corrected chi connectivity index (χ2v) is 5.24. The van der Waals surface area contributed by atoms with E-state index in [1.807, 2.05) is 6.07 Å². The minimum Gasteiger partial charge on any atom is -0.481 e. The van der Waals surface area contributed by atoms with Gasteiger partial charge in [-0.05, 0) is 48.8 Å². The molecule has 0 saturated heterocycles. The van der Waals surface area contributed by atoms with Crippen molar-refractivity contribution < 1.29 is 14.3 Å². The molecule has 2 unspecified atom stereocenters. The monoisotopic (exact) mass is 250 g/mol. The normalized spacial score (nSPS) is 23.8. The fourth-order valence-corrected chi connectivity index (χ4v) is 3.01. The number of benzene rings is 1. The molecule has 2 nitrogen and oxygen atoms in total. The molecule has 1 aromatic carbocycles. The molecule has 2 rings (SSSR count). The van der Waals surface area contributed by atoms with E-state index < -0.39 is 5.97 Å². The third kappa shape index (κ3) is 3.56. The van der Waals surface area contributed by atoms with Crippen LogP contribution in [0.2, 0.25) is 0 Å². The Hall–Kier alpha value is -1.38. The van der Waals surface area contributed by atoms with Crippen LogP contribution in [0.15, 0.2) is 24.3 Å². The predicted molar refractivity (Wildman–Crippen MR) is 67.8 cm³/mol. The number of carboxylic acid groups (broad SMARTS) is 1. The molecule has 1 saturated carbocycles. The van der Waals surface area contributed by atoms with Gasteiger partial charge in [0.2, 0.25) is 0 Å². The fraction of sp³-hybridized carbons (Fsp3) is 0.533. The third-order valence-electron chi connectivity index (χ3n) is 3.89. The van der Waals surface area contributed by atoms with Crippen LogP contribution in [0, 0.1) is 17.7 Å². The second kappa shape index (κ2) is 5.98. The zero-order valence-electron chi connectivity index (χ0n) is 10.4. The average molecular weight is 250 g/mol. The lowest BCUT2D eigenvalue weighted by Gasteiger charge is -2.30. The summed E-state index contributed by atoms with van der Waals surface area (Å²) in [5.41, 5.74) is 0.984. The molecule has 0 bridgehead atoms. The average Bonchev–Trinajstić information content (AvgIpc) is 2.31. The first-order valence-corrected chi connectivity index (χ1v) is 6.61. The lowest BCUT2D eigenvalue weighted by atomic mass is 9.75. The summed E-state index contributed by atoms with van der Waals surface area (Å²) in [5.74, 6) is -0.291. The molecule has 0 heterocycles. The van der Waals surface area contributed by atoms with Gasteiger partial charge in [-0.25, -0.2) is 4.39 Å². The summed E-state index contributed by atoms with van der Waals surface area (Å²) < 4.78 is 13.1. The van der Waals surface area contributed by atoms with E-state index in [1.54, 1.807) is 12.1 Å². The van der Waals surface area contributed by atoms with Gasteiger partial charge in [-0.2, -0.15) is 0 Å². The lowest BCUT2D eigenvalue weighted by molar-refractivity contribution is -0.138. The van der Waals surface area contributed by atoms with Crippen LogP contribution in [0.3, 0.4) is 0 Å². The standard InChI is InChI=1S/C15H19FO2/c16-14-7-3-4-11(9-14)8-12-5-1-2-6-13(12)10-15(17)18/h3-4,7,9,12-13H,1-2,5-6,8,10H2,(H,17,18). The molecular weight excluding hydrogens is 231 g/mol. The topological polar surface area (TPSA) is 37.3 Å². The van der Waals surface area contributed by atoms with Crippen molar-refractivity contribution in [2.75, 3.05) is 0 Å². The molecule has 2 atom stereocenters. The first-order valence-electron chi connectivity index (χ1n) is 6.61. The Bertz CT molecular complexity index is 417. The molecule has 18 heavy (non-hydrogen) atoms. The van der Waals surface area contributed by atoms with Crippen LogP contribution in [0.5, 0.6) is 0 Å². The first-order chi connectivity index (χ1) is 8.65.